The number of hydrogen-bond acceptors (Lipinski definition) is 3. The number of rotatable bonds is 2. The molecule has 1 amide bonds. The second-order valence-corrected chi connectivity index (χ2v) is 5.57. The third kappa shape index (κ3) is 2.74. The molecule has 0 saturated carbocycles. The van der Waals surface area contributed by atoms with Crippen molar-refractivity contribution in [2.75, 3.05) is 5.32 Å². The zero-order valence-electron chi connectivity index (χ0n) is 11.6. The predicted molar refractivity (Wildman–Crippen MR) is 75.3 cm³/mol. The molecule has 5 heteroatoms. The van der Waals surface area contributed by atoms with Gasteiger partial charge in [-0.1, -0.05) is 18.5 Å². The minimum absolute atomic E-state index is 0.0534. The van der Waals surface area contributed by atoms with Gasteiger partial charge in [0.1, 0.15) is 0 Å². The molecule has 1 aromatic rings. The average molecular weight is 283 g/mol. The fourth-order valence-corrected chi connectivity index (χ4v) is 2.85. The first-order valence-corrected chi connectivity index (χ1v) is 6.87. The summed E-state index contributed by atoms with van der Waals surface area (Å²) in [5.41, 5.74) is 1.49. The number of aromatic nitrogens is 1. The molecule has 0 spiro atoms. The van der Waals surface area contributed by atoms with Crippen molar-refractivity contribution in [1.29, 1.82) is 0 Å². The third-order valence-corrected chi connectivity index (χ3v) is 4.19. The van der Waals surface area contributed by atoms with Crippen LogP contribution in [0, 0.1) is 18.8 Å². The summed E-state index contributed by atoms with van der Waals surface area (Å²) in [6.45, 7) is 7.86. The predicted octanol–water partition coefficient (Wildman–Crippen LogP) is 3.04. The van der Waals surface area contributed by atoms with Gasteiger partial charge in [0.2, 0.25) is 5.91 Å². The van der Waals surface area contributed by atoms with Crippen molar-refractivity contribution >= 4 is 23.2 Å². The lowest BCUT2D eigenvalue weighted by Gasteiger charge is -2.19. The van der Waals surface area contributed by atoms with Crippen LogP contribution in [0.3, 0.4) is 0 Å². The van der Waals surface area contributed by atoms with Gasteiger partial charge in [-0.05, 0) is 38.3 Å². The van der Waals surface area contributed by atoms with Crippen molar-refractivity contribution in [3.63, 3.8) is 0 Å². The van der Waals surface area contributed by atoms with Crippen LogP contribution in [-0.4, -0.2) is 23.1 Å². The van der Waals surface area contributed by atoms with Gasteiger partial charge in [-0.2, -0.15) is 0 Å². The van der Waals surface area contributed by atoms with Gasteiger partial charge in [-0.25, -0.2) is 4.98 Å². The van der Waals surface area contributed by atoms with E-state index in [1.165, 1.54) is 0 Å². The van der Waals surface area contributed by atoms with Gasteiger partial charge in [0.25, 0.3) is 0 Å². The monoisotopic (exact) mass is 282 g/mol. The topological polar surface area (TPSA) is 51.2 Å². The Bertz CT molecular complexity index is 472. The summed E-state index contributed by atoms with van der Waals surface area (Å²) in [5.74, 6) is -0.0289. The number of halogens is 1. The number of anilines is 1. The van der Waals surface area contributed by atoms with Gasteiger partial charge >= 0.3 is 0 Å². The van der Waals surface area contributed by atoms with E-state index in [1.54, 1.807) is 6.20 Å². The molecular weight excluding hydrogens is 264 g/mol. The summed E-state index contributed by atoms with van der Waals surface area (Å²) < 4.78 is 5.70. The molecule has 104 valence electrons. The maximum absolute atomic E-state index is 12.4. The molecule has 4 atom stereocenters. The van der Waals surface area contributed by atoms with Crippen molar-refractivity contribution in [2.24, 2.45) is 11.8 Å². The number of nitrogens with one attached hydrogen (secondary N) is 1. The smallest absolute Gasteiger partial charge is 0.230 e. The number of hydrogen-bond donors (Lipinski definition) is 1. The highest BCUT2D eigenvalue weighted by molar-refractivity contribution is 6.32. The molecule has 1 fully saturated rings. The molecule has 1 aliphatic heterocycles. The SMILES string of the molecule is Cc1ccnc(Cl)c1NC(=O)C1C(C)OC(C)C1C. The van der Waals surface area contributed by atoms with Crippen molar-refractivity contribution in [1.82, 2.24) is 4.98 Å². The van der Waals surface area contributed by atoms with Crippen LogP contribution in [0.2, 0.25) is 5.15 Å². The first kappa shape index (κ1) is 14.3. The Labute approximate surface area is 118 Å². The summed E-state index contributed by atoms with van der Waals surface area (Å²) >= 11 is 6.02. The Morgan fingerprint density at radius 2 is 2.05 bits per heavy atom. The number of amides is 1. The van der Waals surface area contributed by atoms with Crippen LogP contribution in [0.15, 0.2) is 12.3 Å². The molecule has 1 saturated heterocycles. The highest BCUT2D eigenvalue weighted by Crippen LogP contribution is 2.34. The standard InChI is InChI=1S/C14H19ClN2O2/c1-7-5-6-16-13(15)12(7)17-14(18)11-8(2)9(3)19-10(11)4/h5-6,8-11H,1-4H3,(H,17,18). The van der Waals surface area contributed by atoms with E-state index in [0.29, 0.717) is 10.8 Å². The molecule has 1 N–H and O–H groups in total. The van der Waals surface area contributed by atoms with Crippen LogP contribution in [0.4, 0.5) is 5.69 Å². The van der Waals surface area contributed by atoms with E-state index < -0.39 is 0 Å². The number of pyridine rings is 1. The van der Waals surface area contributed by atoms with E-state index in [-0.39, 0.29) is 30.0 Å². The number of aryl methyl sites for hydroxylation is 1. The first-order chi connectivity index (χ1) is 8.91. The van der Waals surface area contributed by atoms with E-state index in [9.17, 15) is 4.79 Å². The largest absolute Gasteiger partial charge is 0.374 e. The molecule has 1 aromatic heterocycles. The highest BCUT2D eigenvalue weighted by atomic mass is 35.5. The van der Waals surface area contributed by atoms with E-state index in [4.69, 9.17) is 16.3 Å². The van der Waals surface area contributed by atoms with Crippen LogP contribution in [0.25, 0.3) is 0 Å². The summed E-state index contributed by atoms with van der Waals surface area (Å²) in [6, 6.07) is 1.82. The fourth-order valence-electron chi connectivity index (χ4n) is 2.60. The summed E-state index contributed by atoms with van der Waals surface area (Å²) in [6.07, 6.45) is 1.64. The average Bonchev–Trinajstić information content (AvgIpc) is 2.58. The number of nitrogens with zero attached hydrogens (tertiary/aromatic N) is 1. The van der Waals surface area contributed by atoms with E-state index in [1.807, 2.05) is 33.8 Å². The second kappa shape index (κ2) is 5.47. The van der Waals surface area contributed by atoms with Crippen LogP contribution in [-0.2, 0) is 9.53 Å². The second-order valence-electron chi connectivity index (χ2n) is 5.21. The van der Waals surface area contributed by atoms with E-state index in [2.05, 4.69) is 10.3 Å². The molecule has 2 rings (SSSR count). The van der Waals surface area contributed by atoms with E-state index in [0.717, 1.165) is 5.56 Å². The van der Waals surface area contributed by atoms with Crippen molar-refractivity contribution in [2.45, 2.75) is 39.9 Å². The Balaban J connectivity index is 2.18. The lowest BCUT2D eigenvalue weighted by Crippen LogP contribution is -2.32. The minimum atomic E-state index is -0.161. The van der Waals surface area contributed by atoms with E-state index >= 15 is 0 Å². The van der Waals surface area contributed by atoms with Crippen molar-refractivity contribution in [3.05, 3.63) is 23.0 Å². The van der Waals surface area contributed by atoms with Crippen molar-refractivity contribution in [3.8, 4) is 0 Å². The molecule has 4 nitrogen and oxygen atoms in total. The zero-order valence-corrected chi connectivity index (χ0v) is 12.4. The normalized spacial score (nSPS) is 30.4. The number of carbonyl (C=O) groups is 1. The zero-order chi connectivity index (χ0) is 14.2. The maximum atomic E-state index is 12.4. The van der Waals surface area contributed by atoms with Gasteiger partial charge in [-0.3, -0.25) is 4.79 Å². The quantitative estimate of drug-likeness (QED) is 0.848. The van der Waals surface area contributed by atoms with Crippen molar-refractivity contribution < 1.29 is 9.53 Å². The maximum Gasteiger partial charge on any atom is 0.230 e. The Kier molecular flexibility index (Phi) is 4.11. The minimum Gasteiger partial charge on any atom is -0.374 e. The number of carbonyl (C=O) groups excluding carboxylic acids is 1. The van der Waals surface area contributed by atoms with Crippen LogP contribution in [0.1, 0.15) is 26.3 Å². The highest BCUT2D eigenvalue weighted by Gasteiger charge is 2.41. The Hall–Kier alpha value is -1.13. The summed E-state index contributed by atoms with van der Waals surface area (Å²) in [4.78, 5) is 16.4. The number of ether oxygens (including phenoxy) is 1. The van der Waals surface area contributed by atoms with Crippen LogP contribution < -0.4 is 5.32 Å². The molecule has 0 bridgehead atoms. The molecule has 1 aliphatic rings. The van der Waals surface area contributed by atoms with Crippen LogP contribution >= 0.6 is 11.6 Å². The summed E-state index contributed by atoms with van der Waals surface area (Å²) in [7, 11) is 0. The van der Waals surface area contributed by atoms with Gasteiger partial charge in [0.05, 0.1) is 23.8 Å². The Morgan fingerprint density at radius 1 is 1.37 bits per heavy atom. The molecular formula is C14H19ClN2O2. The Morgan fingerprint density at radius 3 is 2.58 bits per heavy atom. The molecule has 0 aromatic carbocycles. The lowest BCUT2D eigenvalue weighted by molar-refractivity contribution is -0.121. The summed E-state index contributed by atoms with van der Waals surface area (Å²) in [5, 5.41) is 3.21. The first-order valence-electron chi connectivity index (χ1n) is 6.49. The molecule has 4 unspecified atom stereocenters. The van der Waals surface area contributed by atoms with Gasteiger partial charge in [0, 0.05) is 6.20 Å². The molecule has 2 heterocycles. The van der Waals surface area contributed by atoms with Gasteiger partial charge in [0.15, 0.2) is 5.15 Å². The molecule has 0 aliphatic carbocycles. The van der Waals surface area contributed by atoms with Gasteiger partial charge < -0.3 is 10.1 Å². The van der Waals surface area contributed by atoms with Gasteiger partial charge in [-0.15, -0.1) is 0 Å². The van der Waals surface area contributed by atoms with Crippen LogP contribution in [0.5, 0.6) is 0 Å². The fraction of sp³-hybridized carbons (Fsp3) is 0.571. The molecule has 19 heavy (non-hydrogen) atoms. The lowest BCUT2D eigenvalue weighted by atomic mass is 9.89. The third-order valence-electron chi connectivity index (χ3n) is 3.91. The molecule has 0 radical (unpaired) electrons.